The van der Waals surface area contributed by atoms with Gasteiger partial charge in [-0.15, -0.1) is 0 Å². The lowest BCUT2D eigenvalue weighted by atomic mass is 10.1. The van der Waals surface area contributed by atoms with Gasteiger partial charge < -0.3 is 9.73 Å². The van der Waals surface area contributed by atoms with Crippen LogP contribution in [0.1, 0.15) is 11.3 Å². The summed E-state index contributed by atoms with van der Waals surface area (Å²) in [5.74, 6) is 0.953. The molecule has 0 spiro atoms. The molecule has 0 aliphatic heterocycles. The summed E-state index contributed by atoms with van der Waals surface area (Å²) in [6, 6.07) is 23.4. The van der Waals surface area contributed by atoms with Crippen molar-refractivity contribution in [1.29, 1.82) is 0 Å². The van der Waals surface area contributed by atoms with Gasteiger partial charge in [0.15, 0.2) is 0 Å². The summed E-state index contributed by atoms with van der Waals surface area (Å²) >= 11 is 0. The highest BCUT2D eigenvalue weighted by atomic mass is 16.3. The maximum absolute atomic E-state index is 12.9. The van der Waals surface area contributed by atoms with Gasteiger partial charge in [-0.05, 0) is 30.7 Å². The first-order valence-electron chi connectivity index (χ1n) is 10.0. The molecule has 6 nitrogen and oxygen atoms in total. The number of anilines is 1. The standard InChI is InChI=1S/C25H20N4O2/c1-17-9-8-14-29-23(17)28-22(18-10-4-2-5-11-18)24(29)27-21(30)15-20-16-31-25(26-20)19-12-6-3-7-13-19/h2-14,16H,15H2,1H3,(H,27,30). The summed E-state index contributed by atoms with van der Waals surface area (Å²) in [5, 5.41) is 3.04. The molecule has 0 radical (unpaired) electrons. The van der Waals surface area contributed by atoms with Crippen molar-refractivity contribution < 1.29 is 9.21 Å². The van der Waals surface area contributed by atoms with Gasteiger partial charge in [0.1, 0.15) is 23.4 Å². The molecule has 0 aliphatic rings. The van der Waals surface area contributed by atoms with Crippen LogP contribution in [-0.2, 0) is 11.2 Å². The summed E-state index contributed by atoms with van der Waals surface area (Å²) in [5.41, 5.74) is 4.95. The van der Waals surface area contributed by atoms with Crippen molar-refractivity contribution >= 4 is 17.4 Å². The molecule has 1 amide bonds. The van der Waals surface area contributed by atoms with Crippen LogP contribution in [-0.4, -0.2) is 20.3 Å². The molecule has 152 valence electrons. The van der Waals surface area contributed by atoms with Crippen molar-refractivity contribution in [2.24, 2.45) is 0 Å². The van der Waals surface area contributed by atoms with Crippen molar-refractivity contribution in [1.82, 2.24) is 14.4 Å². The lowest BCUT2D eigenvalue weighted by Gasteiger charge is -2.07. The number of rotatable bonds is 5. The van der Waals surface area contributed by atoms with Crippen molar-refractivity contribution in [2.75, 3.05) is 5.32 Å². The highest BCUT2D eigenvalue weighted by Gasteiger charge is 2.18. The van der Waals surface area contributed by atoms with Gasteiger partial charge in [-0.3, -0.25) is 9.20 Å². The molecular weight excluding hydrogens is 388 g/mol. The minimum atomic E-state index is -0.187. The highest BCUT2D eigenvalue weighted by molar-refractivity contribution is 5.95. The minimum Gasteiger partial charge on any atom is -0.444 e. The fourth-order valence-electron chi connectivity index (χ4n) is 3.56. The number of nitrogens with one attached hydrogen (secondary N) is 1. The van der Waals surface area contributed by atoms with Crippen LogP contribution in [0, 0.1) is 6.92 Å². The first-order valence-corrected chi connectivity index (χ1v) is 10.0. The van der Waals surface area contributed by atoms with Crippen molar-refractivity contribution in [3.63, 3.8) is 0 Å². The number of oxazole rings is 1. The molecule has 0 atom stereocenters. The molecule has 0 aliphatic carbocycles. The molecule has 5 aromatic rings. The second-order valence-corrected chi connectivity index (χ2v) is 7.29. The van der Waals surface area contributed by atoms with E-state index in [-0.39, 0.29) is 12.3 Å². The largest absolute Gasteiger partial charge is 0.444 e. The normalized spacial score (nSPS) is 11.0. The Labute approximate surface area is 179 Å². The van der Waals surface area contributed by atoms with Crippen LogP contribution in [0.25, 0.3) is 28.4 Å². The average molecular weight is 408 g/mol. The van der Waals surface area contributed by atoms with Gasteiger partial charge in [-0.25, -0.2) is 9.97 Å². The molecule has 3 heterocycles. The number of fused-ring (bicyclic) bond motifs is 1. The van der Waals surface area contributed by atoms with E-state index in [9.17, 15) is 4.79 Å². The maximum atomic E-state index is 12.9. The van der Waals surface area contributed by atoms with E-state index in [0.29, 0.717) is 17.4 Å². The molecule has 6 heteroatoms. The van der Waals surface area contributed by atoms with Gasteiger partial charge in [-0.1, -0.05) is 54.6 Å². The van der Waals surface area contributed by atoms with Crippen LogP contribution in [0.15, 0.2) is 89.7 Å². The molecule has 31 heavy (non-hydrogen) atoms. The second kappa shape index (κ2) is 7.91. The topological polar surface area (TPSA) is 72.4 Å². The number of aryl methyl sites for hydroxylation is 1. The Hall–Kier alpha value is -4.19. The second-order valence-electron chi connectivity index (χ2n) is 7.29. The maximum Gasteiger partial charge on any atom is 0.231 e. The molecule has 3 aromatic heterocycles. The zero-order chi connectivity index (χ0) is 21.2. The first kappa shape index (κ1) is 18.8. The van der Waals surface area contributed by atoms with Crippen LogP contribution in [0.2, 0.25) is 0 Å². The fourth-order valence-corrected chi connectivity index (χ4v) is 3.56. The number of amides is 1. The third kappa shape index (κ3) is 3.71. The third-order valence-electron chi connectivity index (χ3n) is 5.06. The van der Waals surface area contributed by atoms with Gasteiger partial charge in [0, 0.05) is 17.3 Å². The summed E-state index contributed by atoms with van der Waals surface area (Å²) < 4.78 is 7.47. The number of carbonyl (C=O) groups excluding carboxylic acids is 1. The van der Waals surface area contributed by atoms with E-state index in [2.05, 4.69) is 10.3 Å². The Balaban J connectivity index is 1.44. The lowest BCUT2D eigenvalue weighted by Crippen LogP contribution is -2.16. The number of carbonyl (C=O) groups is 1. The number of aromatic nitrogens is 3. The number of hydrogen-bond donors (Lipinski definition) is 1. The molecule has 0 saturated heterocycles. The smallest absolute Gasteiger partial charge is 0.231 e. The molecule has 0 bridgehead atoms. The van der Waals surface area contributed by atoms with Gasteiger partial charge in [0.25, 0.3) is 0 Å². The lowest BCUT2D eigenvalue weighted by molar-refractivity contribution is -0.115. The zero-order valence-corrected chi connectivity index (χ0v) is 16.9. The van der Waals surface area contributed by atoms with Gasteiger partial charge in [0.05, 0.1) is 12.1 Å². The Morgan fingerprint density at radius 1 is 0.935 bits per heavy atom. The van der Waals surface area contributed by atoms with Crippen molar-refractivity contribution in [3.05, 3.63) is 96.5 Å². The summed E-state index contributed by atoms with van der Waals surface area (Å²) in [6.45, 7) is 2.00. The zero-order valence-electron chi connectivity index (χ0n) is 16.9. The number of benzene rings is 2. The van der Waals surface area contributed by atoms with Gasteiger partial charge >= 0.3 is 0 Å². The molecule has 2 aromatic carbocycles. The number of hydrogen-bond acceptors (Lipinski definition) is 4. The molecule has 5 rings (SSSR count). The van der Waals surface area contributed by atoms with Crippen LogP contribution in [0.5, 0.6) is 0 Å². The Kier molecular flexibility index (Phi) is 4.80. The highest BCUT2D eigenvalue weighted by Crippen LogP contribution is 2.30. The van der Waals surface area contributed by atoms with Crippen molar-refractivity contribution in [2.45, 2.75) is 13.3 Å². The monoisotopic (exact) mass is 408 g/mol. The first-order chi connectivity index (χ1) is 15.2. The molecule has 0 saturated carbocycles. The van der Waals surface area contributed by atoms with Crippen LogP contribution < -0.4 is 5.32 Å². The van der Waals surface area contributed by atoms with Gasteiger partial charge in [-0.2, -0.15) is 0 Å². The van der Waals surface area contributed by atoms with E-state index in [1.54, 1.807) is 0 Å². The van der Waals surface area contributed by atoms with E-state index in [1.807, 2.05) is 90.3 Å². The molecule has 0 unspecified atom stereocenters. The SMILES string of the molecule is Cc1cccn2c(NC(=O)Cc3coc(-c4ccccc4)n3)c(-c3ccccc3)nc12. The van der Waals surface area contributed by atoms with E-state index < -0.39 is 0 Å². The third-order valence-corrected chi connectivity index (χ3v) is 5.06. The van der Waals surface area contributed by atoms with E-state index >= 15 is 0 Å². The number of pyridine rings is 1. The Bertz CT molecular complexity index is 1350. The van der Waals surface area contributed by atoms with E-state index in [0.717, 1.165) is 28.0 Å². The Morgan fingerprint density at radius 2 is 1.65 bits per heavy atom. The number of nitrogens with zero attached hydrogens (tertiary/aromatic N) is 3. The number of imidazole rings is 1. The Morgan fingerprint density at radius 3 is 2.39 bits per heavy atom. The van der Waals surface area contributed by atoms with Crippen LogP contribution in [0.4, 0.5) is 5.82 Å². The fraction of sp³-hybridized carbons (Fsp3) is 0.0800. The van der Waals surface area contributed by atoms with Crippen molar-refractivity contribution in [3.8, 4) is 22.7 Å². The molecule has 1 N–H and O–H groups in total. The molecular formula is C25H20N4O2. The van der Waals surface area contributed by atoms with E-state index in [4.69, 9.17) is 9.40 Å². The predicted octanol–water partition coefficient (Wildman–Crippen LogP) is 5.15. The summed E-state index contributed by atoms with van der Waals surface area (Å²) in [7, 11) is 0. The predicted molar refractivity (Wildman–Crippen MR) is 120 cm³/mol. The van der Waals surface area contributed by atoms with Crippen LogP contribution in [0.3, 0.4) is 0 Å². The minimum absolute atomic E-state index is 0.101. The quantitative estimate of drug-likeness (QED) is 0.437. The van der Waals surface area contributed by atoms with Crippen LogP contribution >= 0.6 is 0 Å². The van der Waals surface area contributed by atoms with Gasteiger partial charge in [0.2, 0.25) is 11.8 Å². The molecule has 0 fully saturated rings. The summed E-state index contributed by atoms with van der Waals surface area (Å²) in [6.07, 6.45) is 3.53. The summed E-state index contributed by atoms with van der Waals surface area (Å²) in [4.78, 5) is 22.2. The average Bonchev–Trinajstić information content (AvgIpc) is 3.41. The van der Waals surface area contributed by atoms with E-state index in [1.165, 1.54) is 6.26 Å².